The molecular weight excluding hydrogens is 156 g/mol. The molecule has 2 nitrogen and oxygen atoms in total. The van der Waals surface area contributed by atoms with Gasteiger partial charge >= 0.3 is 0 Å². The first-order chi connectivity index (χ1) is 3.85. The second-order valence-electron chi connectivity index (χ2n) is 3.88. The Morgan fingerprint density at radius 2 is 1.40 bits per heavy atom. The minimum absolute atomic E-state index is 0. The van der Waals surface area contributed by atoms with Crippen LogP contribution in [-0.4, -0.2) is 28.5 Å². The average Bonchev–Trinajstić information content (AvgIpc) is 1.62. The third kappa shape index (κ3) is 4.21. The van der Waals surface area contributed by atoms with Gasteiger partial charge in [0.1, 0.15) is 8.24 Å². The fraction of sp³-hybridized carbons (Fsp3) is 1.00. The molecule has 4 heteroatoms. The first kappa shape index (κ1) is 13.0. The van der Waals surface area contributed by atoms with Crippen molar-refractivity contribution >= 4 is 17.2 Å². The molecule has 64 valence electrons. The molecular formula is C6H22N2Si2. The number of hydrogen-bond donors (Lipinski definition) is 1. The van der Waals surface area contributed by atoms with E-state index in [1.165, 1.54) is 0 Å². The zero-order valence-electron chi connectivity index (χ0n) is 8.23. The molecule has 0 radical (unpaired) electrons. The first-order valence-electron chi connectivity index (χ1n) is 3.58. The summed E-state index contributed by atoms with van der Waals surface area (Å²) in [4.78, 5) is 0. The summed E-state index contributed by atoms with van der Waals surface area (Å²) in [5.74, 6) is 0. The van der Waals surface area contributed by atoms with Gasteiger partial charge in [-0.15, -0.1) is 0 Å². The predicted octanol–water partition coefficient (Wildman–Crippen LogP) is 1.90. The maximum absolute atomic E-state index is 2.63. The molecule has 0 aromatic carbocycles. The number of rotatable bonds is 2. The van der Waals surface area contributed by atoms with Gasteiger partial charge in [0, 0.05) is 0 Å². The van der Waals surface area contributed by atoms with E-state index in [1.807, 2.05) is 0 Å². The van der Waals surface area contributed by atoms with Crippen LogP contribution in [0.5, 0.6) is 0 Å². The summed E-state index contributed by atoms with van der Waals surface area (Å²) in [6.07, 6.45) is 0. The molecule has 0 atom stereocenters. The lowest BCUT2D eigenvalue weighted by Crippen LogP contribution is -2.49. The van der Waals surface area contributed by atoms with Crippen LogP contribution in [0.1, 0.15) is 0 Å². The molecule has 0 aromatic rings. The molecule has 0 unspecified atom stereocenters. The van der Waals surface area contributed by atoms with Crippen LogP contribution in [0.25, 0.3) is 0 Å². The zero-order chi connectivity index (χ0) is 7.65. The smallest absolute Gasteiger partial charge is 0.111 e. The molecule has 3 N–H and O–H groups in total. The third-order valence-corrected chi connectivity index (χ3v) is 9.37. The molecule has 0 aliphatic rings. The third-order valence-electron chi connectivity index (χ3n) is 1.83. The highest BCUT2D eigenvalue weighted by Crippen LogP contribution is 2.07. The fourth-order valence-electron chi connectivity index (χ4n) is 0.775. The van der Waals surface area contributed by atoms with Crippen molar-refractivity contribution in [1.82, 2.24) is 10.4 Å². The normalized spacial score (nSPS) is 12.0. The molecule has 10 heavy (non-hydrogen) atoms. The van der Waals surface area contributed by atoms with E-state index in [0.717, 1.165) is 0 Å². The Kier molecular flexibility index (Phi) is 5.55. The molecule has 0 aromatic heterocycles. The average molecular weight is 178 g/mol. The molecule has 0 aliphatic carbocycles. The Labute approximate surface area is 68.0 Å². The van der Waals surface area contributed by atoms with Gasteiger partial charge in [-0.05, 0) is 7.05 Å². The minimum atomic E-state index is -0.929. The summed E-state index contributed by atoms with van der Waals surface area (Å²) in [5, 5.41) is 0. The van der Waals surface area contributed by atoms with Crippen molar-refractivity contribution in [1.29, 1.82) is 0 Å². The summed E-state index contributed by atoms with van der Waals surface area (Å²) in [5.41, 5.74) is 0. The van der Waals surface area contributed by atoms with E-state index >= 15 is 0 Å². The highest BCUT2D eigenvalue weighted by Gasteiger charge is 2.21. The standard InChI is InChI=1S/C6H19NSi2.H3N/c1-7(8(2)3)9(4,5)6;/h8H,1-6H3;1H3. The van der Waals surface area contributed by atoms with E-state index in [-0.39, 0.29) is 6.15 Å². The Hall–Kier alpha value is 0.354. The molecule has 0 amide bonds. The Bertz CT molecular complexity index is 88.2. The molecule has 0 spiro atoms. The van der Waals surface area contributed by atoms with Crippen LogP contribution in [0.4, 0.5) is 0 Å². The van der Waals surface area contributed by atoms with Gasteiger partial charge in [0.15, 0.2) is 0 Å². The Morgan fingerprint density at radius 3 is 1.40 bits per heavy atom. The van der Waals surface area contributed by atoms with Crippen molar-refractivity contribution in [2.45, 2.75) is 32.7 Å². The SMILES string of the molecule is CN([SiH](C)C)[Si](C)(C)C.N. The van der Waals surface area contributed by atoms with E-state index in [1.54, 1.807) is 0 Å². The number of hydrogen-bond acceptors (Lipinski definition) is 2. The lowest BCUT2D eigenvalue weighted by atomic mass is 11.6. The van der Waals surface area contributed by atoms with E-state index in [4.69, 9.17) is 0 Å². The molecule has 0 saturated carbocycles. The summed E-state index contributed by atoms with van der Waals surface area (Å²) in [7, 11) is 0.858. The topological polar surface area (TPSA) is 38.2 Å². The van der Waals surface area contributed by atoms with Crippen LogP contribution >= 0.6 is 0 Å². The second-order valence-corrected chi connectivity index (χ2v) is 12.4. The zero-order valence-corrected chi connectivity index (χ0v) is 10.4. The Morgan fingerprint density at radius 1 is 1.10 bits per heavy atom. The van der Waals surface area contributed by atoms with Crippen LogP contribution in [0.15, 0.2) is 0 Å². The minimum Gasteiger partial charge on any atom is -0.351 e. The second kappa shape index (κ2) is 4.28. The van der Waals surface area contributed by atoms with Gasteiger partial charge in [-0.25, -0.2) is 0 Å². The molecule has 0 aliphatic heterocycles. The van der Waals surface area contributed by atoms with Gasteiger partial charge in [-0.3, -0.25) is 0 Å². The predicted molar refractivity (Wildman–Crippen MR) is 55.0 cm³/mol. The monoisotopic (exact) mass is 178 g/mol. The van der Waals surface area contributed by atoms with Crippen LogP contribution < -0.4 is 6.15 Å². The maximum Gasteiger partial charge on any atom is 0.111 e. The molecule has 0 saturated heterocycles. The van der Waals surface area contributed by atoms with Crippen molar-refractivity contribution in [3.8, 4) is 0 Å². The Balaban J connectivity index is 0. The molecule has 0 bridgehead atoms. The van der Waals surface area contributed by atoms with Gasteiger partial charge < -0.3 is 10.4 Å². The summed E-state index contributed by atoms with van der Waals surface area (Å²) in [6.45, 7) is 12.0. The number of nitrogens with zero attached hydrogens (tertiary/aromatic N) is 1. The molecule has 0 rings (SSSR count). The van der Waals surface area contributed by atoms with Crippen LogP contribution in [0.3, 0.4) is 0 Å². The molecule has 0 fully saturated rings. The van der Waals surface area contributed by atoms with Crippen molar-refractivity contribution in [3.05, 3.63) is 0 Å². The summed E-state index contributed by atoms with van der Waals surface area (Å²) < 4.78 is 2.63. The van der Waals surface area contributed by atoms with E-state index in [0.29, 0.717) is 0 Å². The summed E-state index contributed by atoms with van der Waals surface area (Å²) >= 11 is 0. The highest BCUT2D eigenvalue weighted by molar-refractivity contribution is 6.82. The lowest BCUT2D eigenvalue weighted by Gasteiger charge is -2.33. The van der Waals surface area contributed by atoms with Gasteiger partial charge in [-0.1, -0.05) is 32.7 Å². The van der Waals surface area contributed by atoms with Gasteiger partial charge in [0.25, 0.3) is 0 Å². The molecule has 0 heterocycles. The van der Waals surface area contributed by atoms with Crippen molar-refractivity contribution in [2.75, 3.05) is 7.05 Å². The lowest BCUT2D eigenvalue weighted by molar-refractivity contribution is 0.784. The van der Waals surface area contributed by atoms with Crippen molar-refractivity contribution in [3.63, 3.8) is 0 Å². The van der Waals surface area contributed by atoms with Crippen molar-refractivity contribution < 1.29 is 0 Å². The van der Waals surface area contributed by atoms with Crippen LogP contribution in [0, 0.1) is 0 Å². The van der Waals surface area contributed by atoms with Crippen molar-refractivity contribution in [2.24, 2.45) is 0 Å². The van der Waals surface area contributed by atoms with Crippen LogP contribution in [-0.2, 0) is 0 Å². The van der Waals surface area contributed by atoms with Crippen LogP contribution in [0.2, 0.25) is 32.7 Å². The highest BCUT2D eigenvalue weighted by atomic mass is 28.4. The van der Waals surface area contributed by atoms with Gasteiger partial charge in [0.2, 0.25) is 0 Å². The summed E-state index contributed by atoms with van der Waals surface area (Å²) in [6, 6.07) is 0. The fourth-order valence-corrected chi connectivity index (χ4v) is 6.97. The van der Waals surface area contributed by atoms with Gasteiger partial charge in [0.05, 0.1) is 8.96 Å². The van der Waals surface area contributed by atoms with E-state index in [9.17, 15) is 0 Å². The van der Waals surface area contributed by atoms with E-state index in [2.05, 4.69) is 44.0 Å². The first-order valence-corrected chi connectivity index (χ1v) is 9.86. The maximum atomic E-state index is 2.63. The van der Waals surface area contributed by atoms with E-state index < -0.39 is 17.2 Å². The van der Waals surface area contributed by atoms with Gasteiger partial charge in [-0.2, -0.15) is 0 Å². The largest absolute Gasteiger partial charge is 0.351 e. The quantitative estimate of drug-likeness (QED) is 0.656.